The van der Waals surface area contributed by atoms with Crippen molar-refractivity contribution < 1.29 is 0 Å². The molecular weight excluding hydrogens is 422 g/mol. The second kappa shape index (κ2) is 8.60. The molecule has 0 fully saturated rings. The molecule has 8 nitrogen and oxygen atoms in total. The number of pyridine rings is 1. The highest BCUT2D eigenvalue weighted by Crippen LogP contribution is 2.23. The lowest BCUT2D eigenvalue weighted by atomic mass is 10.0. The maximum Gasteiger partial charge on any atom is 0.278 e. The van der Waals surface area contributed by atoms with Gasteiger partial charge >= 0.3 is 0 Å². The van der Waals surface area contributed by atoms with Gasteiger partial charge in [-0.2, -0.15) is 4.98 Å². The predicted molar refractivity (Wildman–Crippen MR) is 128 cm³/mol. The van der Waals surface area contributed by atoms with Gasteiger partial charge in [-0.25, -0.2) is 19.3 Å². The Balaban J connectivity index is 1.61. The molecule has 0 radical (unpaired) electrons. The number of hydrogen-bond donors (Lipinski definition) is 2. The van der Waals surface area contributed by atoms with Crippen molar-refractivity contribution in [1.82, 2.24) is 29.6 Å². The van der Waals surface area contributed by atoms with Crippen LogP contribution in [0, 0.1) is 0 Å². The third-order valence-corrected chi connectivity index (χ3v) is 6.14. The number of aromatic nitrogens is 5. The number of hydrogen-bond acceptors (Lipinski definition) is 7. The van der Waals surface area contributed by atoms with E-state index in [9.17, 15) is 4.79 Å². The quantitative estimate of drug-likeness (QED) is 0.348. The number of nitrogens with zero attached hydrogens (tertiary/aromatic N) is 5. The predicted octanol–water partition coefficient (Wildman–Crippen LogP) is 3.27. The lowest BCUT2D eigenvalue weighted by Gasteiger charge is -2.18. The molecule has 32 heavy (non-hydrogen) atoms. The smallest absolute Gasteiger partial charge is 0.278 e. The van der Waals surface area contributed by atoms with Gasteiger partial charge in [0, 0.05) is 24.6 Å². The van der Waals surface area contributed by atoms with Crippen LogP contribution in [0.5, 0.6) is 0 Å². The highest BCUT2D eigenvalue weighted by atomic mass is 32.2. The van der Waals surface area contributed by atoms with Crippen molar-refractivity contribution in [2.24, 2.45) is 0 Å². The maximum atomic E-state index is 13.1. The highest BCUT2D eigenvalue weighted by Gasteiger charge is 2.18. The second-order valence-corrected chi connectivity index (χ2v) is 8.34. The minimum atomic E-state index is -0.157. The Kier molecular flexibility index (Phi) is 5.50. The largest absolute Gasteiger partial charge is 0.324 e. The van der Waals surface area contributed by atoms with Crippen molar-refractivity contribution >= 4 is 34.4 Å². The first kappa shape index (κ1) is 20.5. The average Bonchev–Trinajstić information content (AvgIpc) is 3.10. The van der Waals surface area contributed by atoms with Crippen molar-refractivity contribution in [2.45, 2.75) is 24.5 Å². The van der Waals surface area contributed by atoms with Gasteiger partial charge in [0.2, 0.25) is 5.95 Å². The number of rotatable bonds is 6. The van der Waals surface area contributed by atoms with Crippen LogP contribution in [0.15, 0.2) is 65.2 Å². The van der Waals surface area contributed by atoms with Crippen molar-refractivity contribution in [3.05, 3.63) is 76.9 Å². The van der Waals surface area contributed by atoms with Gasteiger partial charge in [-0.05, 0) is 54.6 Å². The molecule has 0 saturated carbocycles. The molecule has 1 aromatic carbocycles. The Morgan fingerprint density at radius 3 is 3.00 bits per heavy atom. The summed E-state index contributed by atoms with van der Waals surface area (Å²) < 4.78 is 3.42. The van der Waals surface area contributed by atoms with E-state index in [-0.39, 0.29) is 5.56 Å². The fourth-order valence-electron chi connectivity index (χ4n) is 3.96. The molecule has 3 aromatic heterocycles. The summed E-state index contributed by atoms with van der Waals surface area (Å²) in [5.74, 6) is 0.440. The van der Waals surface area contributed by atoms with Crippen LogP contribution in [0.25, 0.3) is 16.7 Å². The summed E-state index contributed by atoms with van der Waals surface area (Å²) in [4.78, 5) is 26.5. The van der Waals surface area contributed by atoms with Gasteiger partial charge in [0.1, 0.15) is 5.39 Å². The number of nitrogens with one attached hydrogen (secondary N) is 2. The van der Waals surface area contributed by atoms with Gasteiger partial charge in [0.25, 0.3) is 5.56 Å². The standard InChI is InChI=1S/C23H23N7OS/c1-3-10-29-22(31)19-14-26-23(27-17-5-4-16-13-24-8-6-15(16)11-17)28-21(19)30(29)18-7-9-25-20(12-18)32-2/h3-5,7,9,11-12,14,24H,1,6,8,10,13H2,2H3,(H,26,27,28). The molecule has 4 aromatic rings. The number of allylic oxidation sites excluding steroid dienone is 1. The molecule has 4 heterocycles. The summed E-state index contributed by atoms with van der Waals surface area (Å²) in [5.41, 5.74) is 4.76. The molecule has 0 bridgehead atoms. The molecule has 0 atom stereocenters. The van der Waals surface area contributed by atoms with Crippen LogP contribution >= 0.6 is 11.8 Å². The molecule has 0 unspecified atom stereocenters. The molecule has 5 rings (SSSR count). The lowest BCUT2D eigenvalue weighted by Crippen LogP contribution is -2.23. The van der Waals surface area contributed by atoms with Gasteiger partial charge in [-0.1, -0.05) is 12.1 Å². The van der Waals surface area contributed by atoms with Crippen LogP contribution in [0.4, 0.5) is 11.6 Å². The molecule has 0 aliphatic carbocycles. The van der Waals surface area contributed by atoms with Gasteiger partial charge in [0.05, 0.1) is 17.3 Å². The summed E-state index contributed by atoms with van der Waals surface area (Å²) in [7, 11) is 0. The van der Waals surface area contributed by atoms with E-state index in [1.54, 1.807) is 34.9 Å². The fraction of sp³-hybridized carbons (Fsp3) is 0.217. The Labute approximate surface area is 189 Å². The van der Waals surface area contributed by atoms with E-state index in [0.29, 0.717) is 23.5 Å². The number of fused-ring (bicyclic) bond motifs is 2. The summed E-state index contributed by atoms with van der Waals surface area (Å²) in [6.07, 6.45) is 7.98. The monoisotopic (exact) mass is 445 g/mol. The first-order valence-electron chi connectivity index (χ1n) is 10.4. The Hall–Kier alpha value is -3.43. The third-order valence-electron chi connectivity index (χ3n) is 5.50. The molecule has 9 heteroatoms. The Bertz CT molecular complexity index is 1370. The molecule has 162 valence electrons. The Morgan fingerprint density at radius 2 is 2.16 bits per heavy atom. The average molecular weight is 446 g/mol. The summed E-state index contributed by atoms with van der Waals surface area (Å²) in [6, 6.07) is 10.1. The molecule has 2 N–H and O–H groups in total. The first-order chi connectivity index (χ1) is 15.7. The zero-order valence-corrected chi connectivity index (χ0v) is 18.5. The van der Waals surface area contributed by atoms with E-state index in [1.165, 1.54) is 11.1 Å². The van der Waals surface area contributed by atoms with Gasteiger partial charge in [0.15, 0.2) is 5.65 Å². The van der Waals surface area contributed by atoms with Crippen LogP contribution in [0.3, 0.4) is 0 Å². The van der Waals surface area contributed by atoms with Crippen LogP contribution in [0.1, 0.15) is 11.1 Å². The summed E-state index contributed by atoms with van der Waals surface area (Å²) in [6.45, 7) is 6.03. The highest BCUT2D eigenvalue weighted by molar-refractivity contribution is 7.98. The molecule has 0 amide bonds. The van der Waals surface area contributed by atoms with E-state index in [4.69, 9.17) is 4.98 Å². The van der Waals surface area contributed by atoms with Crippen molar-refractivity contribution in [3.8, 4) is 5.69 Å². The van der Waals surface area contributed by atoms with Crippen molar-refractivity contribution in [2.75, 3.05) is 18.1 Å². The van der Waals surface area contributed by atoms with Gasteiger partial charge in [-0.3, -0.25) is 4.79 Å². The normalized spacial score (nSPS) is 13.2. The van der Waals surface area contributed by atoms with Crippen LogP contribution < -0.4 is 16.2 Å². The summed E-state index contributed by atoms with van der Waals surface area (Å²) >= 11 is 1.54. The van der Waals surface area contributed by atoms with Gasteiger partial charge in [-0.15, -0.1) is 18.3 Å². The molecular formula is C23H23N7OS. The fourth-order valence-corrected chi connectivity index (χ4v) is 4.37. The molecule has 0 saturated heterocycles. The van der Waals surface area contributed by atoms with Crippen molar-refractivity contribution in [3.63, 3.8) is 0 Å². The second-order valence-electron chi connectivity index (χ2n) is 7.51. The number of thioether (sulfide) groups is 1. The first-order valence-corrected chi connectivity index (χ1v) is 11.6. The van der Waals surface area contributed by atoms with Crippen LogP contribution in [-0.2, 0) is 19.5 Å². The molecule has 1 aliphatic rings. The van der Waals surface area contributed by atoms with E-state index >= 15 is 0 Å². The van der Waals surface area contributed by atoms with Crippen molar-refractivity contribution in [1.29, 1.82) is 0 Å². The number of anilines is 2. The molecule has 0 spiro atoms. The van der Waals surface area contributed by atoms with Crippen LogP contribution in [-0.4, -0.2) is 37.1 Å². The van der Waals surface area contributed by atoms with E-state index in [1.807, 2.05) is 29.1 Å². The minimum Gasteiger partial charge on any atom is -0.324 e. The molecule has 1 aliphatic heterocycles. The Morgan fingerprint density at radius 1 is 1.25 bits per heavy atom. The topological polar surface area (TPSA) is 89.7 Å². The van der Waals surface area contributed by atoms with Crippen LogP contribution in [0.2, 0.25) is 0 Å². The summed E-state index contributed by atoms with van der Waals surface area (Å²) in [5, 5.41) is 8.00. The third kappa shape index (κ3) is 3.69. The minimum absolute atomic E-state index is 0.157. The SMILES string of the molecule is C=CCn1c(=O)c2cnc(Nc3ccc4c(c3)CCNC4)nc2n1-c1ccnc(SC)c1. The maximum absolute atomic E-state index is 13.1. The lowest BCUT2D eigenvalue weighted by molar-refractivity contribution is 0.604. The van der Waals surface area contributed by atoms with E-state index in [2.05, 4.69) is 39.3 Å². The zero-order chi connectivity index (χ0) is 22.1. The zero-order valence-electron chi connectivity index (χ0n) is 17.7. The van der Waals surface area contributed by atoms with E-state index in [0.717, 1.165) is 35.9 Å². The van der Waals surface area contributed by atoms with E-state index < -0.39 is 0 Å². The van der Waals surface area contributed by atoms with Gasteiger partial charge < -0.3 is 10.6 Å². The number of benzene rings is 1.